The average Bonchev–Trinajstić information content (AvgIpc) is 3.07. The Hall–Kier alpha value is -3.32. The van der Waals surface area contributed by atoms with E-state index in [4.69, 9.17) is 26.2 Å². The van der Waals surface area contributed by atoms with Crippen molar-refractivity contribution in [3.63, 3.8) is 0 Å². The lowest BCUT2D eigenvalue weighted by molar-refractivity contribution is 0.355. The molecule has 3 aromatic heterocycles. The quantitative estimate of drug-likeness (QED) is 0.453. The maximum Gasteiger partial charge on any atom is 0.167 e. The van der Waals surface area contributed by atoms with Crippen LogP contribution in [0.4, 0.5) is 5.82 Å². The number of halogens is 1. The van der Waals surface area contributed by atoms with E-state index in [0.29, 0.717) is 28.8 Å². The summed E-state index contributed by atoms with van der Waals surface area (Å²) in [7, 11) is 3.23. The van der Waals surface area contributed by atoms with E-state index in [1.165, 1.54) is 0 Å². The Balaban J connectivity index is 1.77. The summed E-state index contributed by atoms with van der Waals surface area (Å²) in [4.78, 5) is 8.78. The molecule has 1 aromatic carbocycles. The van der Waals surface area contributed by atoms with E-state index >= 15 is 0 Å². The molecule has 30 heavy (non-hydrogen) atoms. The fraction of sp³-hybridized carbons (Fsp3) is 0.227. The third-order valence-electron chi connectivity index (χ3n) is 4.84. The number of benzene rings is 1. The van der Waals surface area contributed by atoms with Gasteiger partial charge in [0.25, 0.3) is 0 Å². The molecule has 0 atom stereocenters. The van der Waals surface area contributed by atoms with Crippen LogP contribution in [0.3, 0.4) is 0 Å². The highest BCUT2D eigenvalue weighted by Gasteiger charge is 2.18. The molecule has 4 aromatic rings. The number of aromatic nitrogens is 4. The van der Waals surface area contributed by atoms with Crippen molar-refractivity contribution in [2.75, 3.05) is 19.5 Å². The first kappa shape index (κ1) is 20.0. The maximum atomic E-state index is 6.36. The molecule has 4 rings (SSSR count). The molecule has 0 amide bonds. The summed E-state index contributed by atoms with van der Waals surface area (Å²) in [5.41, 5.74) is 5.40. The number of nitrogens with zero attached hydrogens (tertiary/aromatic N) is 4. The molecule has 0 spiro atoms. The highest BCUT2D eigenvalue weighted by atomic mass is 35.5. The topological polar surface area (TPSA) is 73.6 Å². The van der Waals surface area contributed by atoms with Gasteiger partial charge >= 0.3 is 0 Å². The first-order valence-corrected chi connectivity index (χ1v) is 9.81. The minimum Gasteiger partial charge on any atom is -0.493 e. The van der Waals surface area contributed by atoms with Crippen LogP contribution in [-0.2, 0) is 6.54 Å². The number of rotatable bonds is 6. The molecule has 0 aliphatic rings. The van der Waals surface area contributed by atoms with E-state index in [2.05, 4.69) is 15.3 Å². The largest absolute Gasteiger partial charge is 0.493 e. The van der Waals surface area contributed by atoms with Crippen LogP contribution in [0.25, 0.3) is 16.8 Å². The lowest BCUT2D eigenvalue weighted by Gasteiger charge is -2.11. The van der Waals surface area contributed by atoms with Crippen LogP contribution in [0, 0.1) is 13.8 Å². The normalized spacial score (nSPS) is 11.0. The summed E-state index contributed by atoms with van der Waals surface area (Å²) in [5, 5.41) is 8.50. The summed E-state index contributed by atoms with van der Waals surface area (Å²) in [6.07, 6.45) is 1.80. The number of ether oxygens (including phenoxy) is 2. The fourth-order valence-corrected chi connectivity index (χ4v) is 3.64. The molecule has 0 bridgehead atoms. The van der Waals surface area contributed by atoms with E-state index in [-0.39, 0.29) is 0 Å². The molecule has 0 saturated heterocycles. The molecule has 3 heterocycles. The number of pyridine rings is 1. The molecule has 0 aliphatic carbocycles. The minimum atomic E-state index is 0.387. The van der Waals surface area contributed by atoms with Crippen LogP contribution in [0.5, 0.6) is 11.5 Å². The Morgan fingerprint density at radius 1 is 1.03 bits per heavy atom. The zero-order valence-corrected chi connectivity index (χ0v) is 18.0. The van der Waals surface area contributed by atoms with Gasteiger partial charge in [0, 0.05) is 30.1 Å². The van der Waals surface area contributed by atoms with Gasteiger partial charge in [0.15, 0.2) is 17.1 Å². The summed E-state index contributed by atoms with van der Waals surface area (Å²) >= 11 is 6.36. The van der Waals surface area contributed by atoms with Gasteiger partial charge in [-0.25, -0.2) is 4.98 Å². The van der Waals surface area contributed by atoms with Crippen molar-refractivity contribution in [1.82, 2.24) is 19.6 Å². The first-order valence-electron chi connectivity index (χ1n) is 9.44. The zero-order valence-electron chi connectivity index (χ0n) is 17.2. The number of methoxy groups -OCH3 is 2. The Labute approximate surface area is 179 Å². The van der Waals surface area contributed by atoms with Crippen molar-refractivity contribution >= 4 is 23.1 Å². The molecular weight excluding hydrogens is 402 g/mol. The first-order chi connectivity index (χ1) is 14.5. The lowest BCUT2D eigenvalue weighted by atomic mass is 10.1. The summed E-state index contributed by atoms with van der Waals surface area (Å²) < 4.78 is 12.6. The molecular formula is C22H22ClN5O2. The molecule has 0 aliphatic heterocycles. The third kappa shape index (κ3) is 3.76. The average molecular weight is 424 g/mol. The number of aryl methyl sites for hydroxylation is 2. The van der Waals surface area contributed by atoms with Gasteiger partial charge in [0.1, 0.15) is 11.0 Å². The summed E-state index contributed by atoms with van der Waals surface area (Å²) in [6.45, 7) is 4.53. The predicted octanol–water partition coefficient (Wildman–Crippen LogP) is 4.69. The van der Waals surface area contributed by atoms with E-state index < -0.39 is 0 Å². The van der Waals surface area contributed by atoms with Gasteiger partial charge in [-0.05, 0) is 49.2 Å². The summed E-state index contributed by atoms with van der Waals surface area (Å²) in [5.74, 6) is 2.06. The molecule has 7 nitrogen and oxygen atoms in total. The van der Waals surface area contributed by atoms with Crippen molar-refractivity contribution < 1.29 is 9.47 Å². The predicted molar refractivity (Wildman–Crippen MR) is 118 cm³/mol. The number of fused-ring (bicyclic) bond motifs is 1. The maximum absolute atomic E-state index is 6.36. The molecule has 0 radical (unpaired) electrons. The van der Waals surface area contributed by atoms with Gasteiger partial charge in [0.2, 0.25) is 0 Å². The van der Waals surface area contributed by atoms with Gasteiger partial charge in [-0.15, -0.1) is 0 Å². The number of hydrogen-bond donors (Lipinski definition) is 1. The van der Waals surface area contributed by atoms with Crippen molar-refractivity contribution in [1.29, 1.82) is 0 Å². The van der Waals surface area contributed by atoms with Crippen LogP contribution in [0.1, 0.15) is 17.0 Å². The number of nitrogens with one attached hydrogen (secondary N) is 1. The van der Waals surface area contributed by atoms with Gasteiger partial charge in [-0.2, -0.15) is 9.61 Å². The van der Waals surface area contributed by atoms with Crippen molar-refractivity contribution in [3.05, 3.63) is 64.7 Å². The van der Waals surface area contributed by atoms with Crippen LogP contribution in [-0.4, -0.2) is 33.8 Å². The highest BCUT2D eigenvalue weighted by Crippen LogP contribution is 2.36. The molecule has 0 saturated carbocycles. The van der Waals surface area contributed by atoms with Crippen LogP contribution in [0.15, 0.2) is 42.6 Å². The molecule has 1 N–H and O–H groups in total. The van der Waals surface area contributed by atoms with E-state index in [0.717, 1.165) is 33.9 Å². The van der Waals surface area contributed by atoms with Gasteiger partial charge in [0.05, 0.1) is 19.9 Å². The molecule has 0 unspecified atom stereocenters. The zero-order chi connectivity index (χ0) is 21.3. The van der Waals surface area contributed by atoms with Crippen molar-refractivity contribution in [2.45, 2.75) is 20.4 Å². The monoisotopic (exact) mass is 423 g/mol. The van der Waals surface area contributed by atoms with Crippen LogP contribution >= 0.6 is 11.6 Å². The Kier molecular flexibility index (Phi) is 5.46. The lowest BCUT2D eigenvalue weighted by Crippen LogP contribution is -2.06. The van der Waals surface area contributed by atoms with E-state index in [1.807, 2.05) is 44.2 Å². The SMILES string of the molecule is COc1ccc(-c2c(C)nn3c(NCc4ccnc(C)c4)cc(Cl)nc23)cc1OC. The van der Waals surface area contributed by atoms with Gasteiger partial charge in [-0.3, -0.25) is 4.98 Å². The molecule has 154 valence electrons. The second-order valence-corrected chi connectivity index (χ2v) is 7.28. The van der Waals surface area contributed by atoms with Crippen molar-refractivity contribution in [3.8, 4) is 22.6 Å². The van der Waals surface area contributed by atoms with Crippen LogP contribution < -0.4 is 14.8 Å². The Morgan fingerprint density at radius 2 is 1.83 bits per heavy atom. The Morgan fingerprint density at radius 3 is 2.57 bits per heavy atom. The van der Waals surface area contributed by atoms with Crippen LogP contribution in [0.2, 0.25) is 5.15 Å². The molecule has 0 fully saturated rings. The smallest absolute Gasteiger partial charge is 0.167 e. The second kappa shape index (κ2) is 8.20. The number of anilines is 1. The number of hydrogen-bond acceptors (Lipinski definition) is 6. The minimum absolute atomic E-state index is 0.387. The van der Waals surface area contributed by atoms with E-state index in [1.54, 1.807) is 31.0 Å². The van der Waals surface area contributed by atoms with Gasteiger partial charge < -0.3 is 14.8 Å². The molecule has 8 heteroatoms. The highest BCUT2D eigenvalue weighted by molar-refractivity contribution is 6.29. The van der Waals surface area contributed by atoms with Crippen molar-refractivity contribution in [2.24, 2.45) is 0 Å². The fourth-order valence-electron chi connectivity index (χ4n) is 3.46. The van der Waals surface area contributed by atoms with E-state index in [9.17, 15) is 0 Å². The Bertz CT molecular complexity index is 1220. The summed E-state index contributed by atoms with van der Waals surface area (Å²) in [6, 6.07) is 11.5. The standard InChI is InChI=1S/C22H22ClN5O2/c1-13-9-15(7-8-24-13)12-25-20-11-19(23)26-22-21(14(2)27-28(20)22)16-5-6-17(29-3)18(10-16)30-4/h5-11,25H,12H2,1-4H3. The van der Waals surface area contributed by atoms with Gasteiger partial charge in [-0.1, -0.05) is 17.7 Å². The second-order valence-electron chi connectivity index (χ2n) is 6.89. The third-order valence-corrected chi connectivity index (χ3v) is 5.03.